The topological polar surface area (TPSA) is 198 Å². The number of rotatable bonds is 16. The van der Waals surface area contributed by atoms with Crippen molar-refractivity contribution in [1.29, 1.82) is 0 Å². The predicted octanol–water partition coefficient (Wildman–Crippen LogP) is 7.09. The van der Waals surface area contributed by atoms with E-state index in [9.17, 15) is 24.6 Å². The number of likely N-dealkylation sites (tertiary alicyclic amines) is 3. The lowest BCUT2D eigenvalue weighted by molar-refractivity contribution is -0.144. The van der Waals surface area contributed by atoms with Gasteiger partial charge < -0.3 is 45.4 Å². The van der Waals surface area contributed by atoms with Crippen molar-refractivity contribution in [1.82, 2.24) is 45.6 Å². The van der Waals surface area contributed by atoms with Crippen LogP contribution in [0.4, 0.5) is 10.2 Å². The first-order valence-electron chi connectivity index (χ1n) is 27.1. The molecule has 4 fully saturated rings. The molecule has 0 bridgehead atoms. The van der Waals surface area contributed by atoms with Crippen LogP contribution in [-0.2, 0) is 19.1 Å². The minimum Gasteiger partial charge on any atom is -0.508 e. The van der Waals surface area contributed by atoms with Gasteiger partial charge in [0.25, 0.3) is 0 Å². The van der Waals surface area contributed by atoms with Crippen LogP contribution in [0, 0.1) is 18.2 Å². The number of benzene rings is 4. The molecule has 20 heteroatoms. The van der Waals surface area contributed by atoms with Crippen molar-refractivity contribution in [3.8, 4) is 33.3 Å². The molecule has 6 heterocycles. The first kappa shape index (κ1) is 55.3. The van der Waals surface area contributed by atoms with E-state index in [0.29, 0.717) is 49.5 Å². The zero-order valence-electron chi connectivity index (χ0n) is 45.1. The number of piperazine rings is 1. The molecule has 0 unspecified atom stereocenters. The largest absolute Gasteiger partial charge is 0.508 e. The highest BCUT2D eigenvalue weighted by Gasteiger charge is 2.45. The van der Waals surface area contributed by atoms with Gasteiger partial charge >= 0.3 is 6.01 Å². The molecule has 17 nitrogen and oxygen atoms in total. The number of phenolic OH excluding ortho intramolecular Hbond substituents is 1. The third-order valence-corrected chi connectivity index (χ3v) is 16.7. The van der Waals surface area contributed by atoms with Crippen molar-refractivity contribution in [2.45, 2.75) is 103 Å². The number of nitrogens with zero attached hydrogens (tertiary/aromatic N) is 7. The Morgan fingerprint density at radius 1 is 0.923 bits per heavy atom. The van der Waals surface area contributed by atoms with Crippen LogP contribution in [0.1, 0.15) is 71.2 Å². The number of aromatic nitrogens is 3. The maximum Gasteiger partial charge on any atom is 0.319 e. The monoisotopic (exact) mass is 1100 g/mol. The predicted molar refractivity (Wildman–Crippen MR) is 301 cm³/mol. The van der Waals surface area contributed by atoms with E-state index in [1.54, 1.807) is 23.5 Å². The number of thiazole rings is 1. The van der Waals surface area contributed by atoms with Gasteiger partial charge in [0.15, 0.2) is 5.82 Å². The summed E-state index contributed by atoms with van der Waals surface area (Å²) in [5.41, 5.74) is 4.75. The molecule has 6 aromatic rings. The number of hydrogen-bond donors (Lipinski definition) is 5. The van der Waals surface area contributed by atoms with E-state index in [1.807, 2.05) is 95.6 Å². The standard InChI is InChI=1S/C58H70ClFN10O7S/c1-33(76-57-65-51-45(54(66-57)69-21-17-61-18-22-69)26-46(59)49(50(51)60)44-24-39(71)23-38-9-7-8-10-43(38)44)27-68-29-42(30-68)77-41-15-19-67(20-16-41)31-48(73)64-53(58(4,5)6)56(75)70-28-40(72)25-47(70)55(74)63-34(2)36-11-13-37(14-12-36)52-35(3)62-32-78-52/h7-14,23-24,26,32-34,40-42,47,53,61,71-72H,15-22,25,27-31H2,1-6H3,(H,63,74)(H,64,73)/t33-,34+,40-,47+,53-/m1/s1. The number of ether oxygens (including phenoxy) is 2. The number of aromatic hydroxyl groups is 1. The summed E-state index contributed by atoms with van der Waals surface area (Å²) < 4.78 is 29.9. The number of amides is 3. The van der Waals surface area contributed by atoms with E-state index in [0.717, 1.165) is 71.5 Å². The number of carbonyl (C=O) groups is 3. The van der Waals surface area contributed by atoms with E-state index in [-0.39, 0.29) is 83.5 Å². The van der Waals surface area contributed by atoms with Gasteiger partial charge in [-0.15, -0.1) is 11.3 Å². The van der Waals surface area contributed by atoms with Gasteiger partial charge in [-0.1, -0.05) is 80.9 Å². The number of anilines is 1. The Bertz CT molecular complexity index is 3160. The molecule has 10 rings (SSSR count). The second-order valence-electron chi connectivity index (χ2n) is 22.5. The Morgan fingerprint density at radius 3 is 2.36 bits per heavy atom. The van der Waals surface area contributed by atoms with Crippen LogP contribution in [0.15, 0.2) is 72.2 Å². The van der Waals surface area contributed by atoms with Gasteiger partial charge in [0.1, 0.15) is 35.3 Å². The average molecular weight is 1110 g/mol. The van der Waals surface area contributed by atoms with Crippen molar-refractivity contribution >= 4 is 68.2 Å². The molecule has 4 saturated heterocycles. The van der Waals surface area contributed by atoms with Gasteiger partial charge in [-0.05, 0) is 84.7 Å². The molecule has 2 aromatic heterocycles. The second-order valence-corrected chi connectivity index (χ2v) is 23.7. The fourth-order valence-electron chi connectivity index (χ4n) is 11.3. The van der Waals surface area contributed by atoms with E-state index < -0.39 is 35.3 Å². The lowest BCUT2D eigenvalue weighted by Crippen LogP contribution is -2.59. The molecule has 0 aliphatic carbocycles. The van der Waals surface area contributed by atoms with Crippen LogP contribution < -0.4 is 25.6 Å². The SMILES string of the molecule is Cc1ncsc1-c1ccc([C@H](C)NC(=O)[C@@H]2C[C@@H](O)CN2C(=O)[C@@H](NC(=O)CN2CCC(OC3CN(C[C@@H](C)Oc4nc(N5CCNCC5)c5cc(Cl)c(-c6cc(O)cc7ccccc67)c(F)c5n4)C3)CC2)C(C)(C)C)cc1. The highest BCUT2D eigenvalue weighted by molar-refractivity contribution is 7.13. The summed E-state index contributed by atoms with van der Waals surface area (Å²) in [5, 5.41) is 33.0. The number of β-amino-alcohol motifs (C(OH)–C–C–N with tert-alkyl or cyclic N) is 1. The maximum absolute atomic E-state index is 17.0. The lowest BCUT2D eigenvalue weighted by atomic mass is 9.85. The lowest BCUT2D eigenvalue weighted by Gasteiger charge is -2.43. The Balaban J connectivity index is 0.701. The number of fused-ring (bicyclic) bond motifs is 2. The molecule has 4 aliphatic rings. The summed E-state index contributed by atoms with van der Waals surface area (Å²) in [4.78, 5) is 64.6. The second kappa shape index (κ2) is 23.3. The zero-order valence-corrected chi connectivity index (χ0v) is 46.7. The number of carbonyl (C=O) groups excluding carboxylic acids is 3. The number of aliphatic hydroxyl groups excluding tert-OH is 1. The number of phenols is 1. The normalized spacial score (nSPS) is 20.2. The summed E-state index contributed by atoms with van der Waals surface area (Å²) in [6.45, 7) is 17.7. The molecule has 0 saturated carbocycles. The minimum absolute atomic E-state index is 0.00217. The third-order valence-electron chi connectivity index (χ3n) is 15.5. The van der Waals surface area contributed by atoms with Crippen molar-refractivity contribution in [3.63, 3.8) is 0 Å². The van der Waals surface area contributed by atoms with Crippen LogP contribution in [0.3, 0.4) is 0 Å². The van der Waals surface area contributed by atoms with Crippen LogP contribution in [0.5, 0.6) is 11.8 Å². The van der Waals surface area contributed by atoms with Gasteiger partial charge in [0.05, 0.1) is 52.0 Å². The Labute approximate surface area is 463 Å². The number of aliphatic hydroxyl groups is 1. The summed E-state index contributed by atoms with van der Waals surface area (Å²) in [6.07, 6.45) is 0.475. The van der Waals surface area contributed by atoms with Crippen LogP contribution in [-0.4, -0.2) is 166 Å². The maximum atomic E-state index is 17.0. The highest BCUT2D eigenvalue weighted by Crippen LogP contribution is 2.43. The summed E-state index contributed by atoms with van der Waals surface area (Å²) >= 11 is 8.49. The molecule has 4 aromatic carbocycles. The number of piperidine rings is 1. The average Bonchev–Trinajstić information content (AvgIpc) is 4.14. The number of nitrogens with one attached hydrogen (secondary N) is 3. The van der Waals surface area contributed by atoms with Gasteiger partial charge in [-0.2, -0.15) is 9.97 Å². The molecule has 414 valence electrons. The molecule has 78 heavy (non-hydrogen) atoms. The molecule has 5 N–H and O–H groups in total. The molecular formula is C58H70ClFN10O7S. The Morgan fingerprint density at radius 2 is 1.65 bits per heavy atom. The summed E-state index contributed by atoms with van der Waals surface area (Å²) in [5.74, 6) is -1.11. The quantitative estimate of drug-likeness (QED) is 0.0659. The van der Waals surface area contributed by atoms with Crippen LogP contribution in [0.25, 0.3) is 43.2 Å². The number of halogens is 2. The van der Waals surface area contributed by atoms with E-state index in [4.69, 9.17) is 26.1 Å². The molecule has 3 amide bonds. The van der Waals surface area contributed by atoms with Gasteiger partial charge in [-0.25, -0.2) is 9.37 Å². The van der Waals surface area contributed by atoms with E-state index in [2.05, 4.69) is 40.6 Å². The van der Waals surface area contributed by atoms with E-state index in [1.165, 1.54) is 11.0 Å². The van der Waals surface area contributed by atoms with Gasteiger partial charge in [0.2, 0.25) is 17.7 Å². The van der Waals surface area contributed by atoms with Gasteiger partial charge in [0, 0.05) is 82.8 Å². The zero-order chi connectivity index (χ0) is 55.0. The summed E-state index contributed by atoms with van der Waals surface area (Å²) in [7, 11) is 0. The van der Waals surface area contributed by atoms with Gasteiger partial charge in [-0.3, -0.25) is 24.2 Å². The summed E-state index contributed by atoms with van der Waals surface area (Å²) in [6, 6.07) is 18.2. The van der Waals surface area contributed by atoms with Crippen molar-refractivity contribution < 1.29 is 38.5 Å². The Kier molecular flexibility index (Phi) is 16.5. The third kappa shape index (κ3) is 12.2. The van der Waals surface area contributed by atoms with E-state index >= 15 is 4.39 Å². The van der Waals surface area contributed by atoms with Crippen molar-refractivity contribution in [3.05, 3.63) is 94.3 Å². The fourth-order valence-corrected chi connectivity index (χ4v) is 12.4. The number of aryl methyl sites for hydroxylation is 1. The highest BCUT2D eigenvalue weighted by atomic mass is 35.5. The Hall–Kier alpha value is -6.06. The number of hydrogen-bond acceptors (Lipinski definition) is 15. The molecule has 5 atom stereocenters. The van der Waals surface area contributed by atoms with Crippen LogP contribution >= 0.6 is 22.9 Å². The smallest absolute Gasteiger partial charge is 0.319 e. The first-order chi connectivity index (χ1) is 37.4. The van der Waals surface area contributed by atoms with Crippen LogP contribution in [0.2, 0.25) is 5.02 Å². The van der Waals surface area contributed by atoms with Crippen molar-refractivity contribution in [2.75, 3.05) is 76.9 Å². The molecule has 4 aliphatic heterocycles. The molecular weight excluding hydrogens is 1040 g/mol. The van der Waals surface area contributed by atoms with Crippen molar-refractivity contribution in [2.24, 2.45) is 5.41 Å². The molecule has 0 radical (unpaired) electrons. The minimum atomic E-state index is -0.926. The molecule has 0 spiro atoms. The first-order valence-corrected chi connectivity index (χ1v) is 28.4. The fraction of sp³-hybridized carbons (Fsp3) is 0.483.